The topological polar surface area (TPSA) is 35.5 Å². The summed E-state index contributed by atoms with van der Waals surface area (Å²) in [6, 6.07) is 3.82. The number of carbonyl (C=O) groups excluding carboxylic acids is 1. The molecule has 25 heavy (non-hydrogen) atoms. The third-order valence-corrected chi connectivity index (χ3v) is 10.3. The van der Waals surface area contributed by atoms with E-state index >= 15 is 0 Å². The number of ether oxygens (including phenoxy) is 1. The van der Waals surface area contributed by atoms with Crippen LogP contribution in [0.2, 0.25) is 18.1 Å². The Labute approximate surface area is 156 Å². The molecule has 0 fully saturated rings. The first-order valence-corrected chi connectivity index (χ1v) is 13.1. The fourth-order valence-corrected chi connectivity index (χ4v) is 8.77. The zero-order chi connectivity index (χ0) is 18.7. The minimum absolute atomic E-state index is 0.0666. The Bertz CT molecular complexity index is 402. The van der Waals surface area contributed by atoms with Crippen LogP contribution in [0.25, 0.3) is 0 Å². The van der Waals surface area contributed by atoms with E-state index in [9.17, 15) is 4.79 Å². The molecule has 1 aliphatic rings. The van der Waals surface area contributed by atoms with Crippen LogP contribution in [0.5, 0.6) is 0 Å². The third-order valence-electron chi connectivity index (χ3n) is 5.35. The van der Waals surface area contributed by atoms with E-state index in [1.165, 1.54) is 49.6 Å². The number of hydrogen-bond acceptors (Lipinski definition) is 3. The van der Waals surface area contributed by atoms with Crippen molar-refractivity contribution in [2.45, 2.75) is 97.7 Å². The van der Waals surface area contributed by atoms with E-state index < -0.39 is 8.32 Å². The fraction of sp³-hybridized carbons (Fsp3) is 0.857. The summed E-state index contributed by atoms with van der Waals surface area (Å²) < 4.78 is 11.9. The summed E-state index contributed by atoms with van der Waals surface area (Å²) in [4.78, 5) is 11.8. The van der Waals surface area contributed by atoms with Crippen LogP contribution in [0.15, 0.2) is 11.8 Å². The highest BCUT2D eigenvalue weighted by atomic mass is 28.4. The van der Waals surface area contributed by atoms with Crippen LogP contribution in [-0.2, 0) is 14.0 Å². The molecule has 0 aromatic rings. The number of hydrogen-bond donors (Lipinski definition) is 0. The van der Waals surface area contributed by atoms with Crippen LogP contribution in [0.4, 0.5) is 0 Å². The highest BCUT2D eigenvalue weighted by Gasteiger charge is 2.35. The molecule has 146 valence electrons. The molecule has 0 amide bonds. The quantitative estimate of drug-likeness (QED) is 0.293. The molecular formula is C21H40O3Si. The lowest BCUT2D eigenvalue weighted by atomic mass is 9.83. The van der Waals surface area contributed by atoms with Gasteiger partial charge in [-0.15, -0.1) is 0 Å². The second-order valence-electron chi connectivity index (χ2n) is 7.71. The minimum atomic E-state index is -1.65. The maximum absolute atomic E-state index is 11.8. The van der Waals surface area contributed by atoms with Crippen molar-refractivity contribution in [3.63, 3.8) is 0 Å². The predicted molar refractivity (Wildman–Crippen MR) is 108 cm³/mol. The summed E-state index contributed by atoms with van der Waals surface area (Å²) in [6.07, 6.45) is 9.97. The average molecular weight is 369 g/mol. The first kappa shape index (κ1) is 22.3. The van der Waals surface area contributed by atoms with E-state index in [0.29, 0.717) is 24.9 Å². The number of rotatable bonds is 12. The standard InChI is InChI=1S/C21H40O3Si/c1-6-13-25(14-7-2,15-8-3)24-20-12-10-11-19(17-20)18(5)16-21(22)23-9-4/h17-19H,6-16H2,1-5H3. The molecule has 1 aliphatic carbocycles. The minimum Gasteiger partial charge on any atom is -0.547 e. The summed E-state index contributed by atoms with van der Waals surface area (Å²) in [6.45, 7) is 11.4. The molecule has 1 rings (SSSR count). The van der Waals surface area contributed by atoms with Crippen molar-refractivity contribution in [3.05, 3.63) is 11.8 Å². The van der Waals surface area contributed by atoms with Gasteiger partial charge in [0.2, 0.25) is 0 Å². The second-order valence-corrected chi connectivity index (χ2v) is 11.8. The summed E-state index contributed by atoms with van der Waals surface area (Å²) >= 11 is 0. The van der Waals surface area contributed by atoms with Crippen molar-refractivity contribution in [3.8, 4) is 0 Å². The Hall–Kier alpha value is -0.773. The van der Waals surface area contributed by atoms with Gasteiger partial charge in [-0.1, -0.05) is 47.0 Å². The Morgan fingerprint density at radius 1 is 1.16 bits per heavy atom. The Morgan fingerprint density at radius 3 is 2.28 bits per heavy atom. The van der Waals surface area contributed by atoms with Crippen molar-refractivity contribution in [2.75, 3.05) is 6.61 Å². The first-order valence-electron chi connectivity index (χ1n) is 10.6. The molecule has 0 bridgehead atoms. The molecule has 4 heteroatoms. The van der Waals surface area contributed by atoms with E-state index in [1.54, 1.807) is 0 Å². The summed E-state index contributed by atoms with van der Waals surface area (Å²) in [5, 5.41) is 0. The van der Waals surface area contributed by atoms with Gasteiger partial charge in [0.1, 0.15) is 0 Å². The SMILES string of the molecule is CCC[Si](CCC)(CCC)OC1=CC(C(C)CC(=O)OCC)CCC1. The molecule has 0 N–H and O–H groups in total. The van der Waals surface area contributed by atoms with Gasteiger partial charge in [0.05, 0.1) is 12.4 Å². The summed E-state index contributed by atoms with van der Waals surface area (Å²) in [7, 11) is -1.65. The van der Waals surface area contributed by atoms with E-state index in [-0.39, 0.29) is 5.97 Å². The van der Waals surface area contributed by atoms with E-state index in [0.717, 1.165) is 12.8 Å². The van der Waals surface area contributed by atoms with Crippen molar-refractivity contribution in [2.24, 2.45) is 11.8 Å². The smallest absolute Gasteiger partial charge is 0.306 e. The molecule has 0 aromatic heterocycles. The fourth-order valence-electron chi connectivity index (χ4n) is 4.26. The van der Waals surface area contributed by atoms with Crippen LogP contribution >= 0.6 is 0 Å². The van der Waals surface area contributed by atoms with Gasteiger partial charge in [-0.05, 0) is 55.8 Å². The Kier molecular flexibility index (Phi) is 10.5. The van der Waals surface area contributed by atoms with Crippen molar-refractivity contribution in [1.29, 1.82) is 0 Å². The van der Waals surface area contributed by atoms with Gasteiger partial charge in [0, 0.05) is 12.8 Å². The van der Waals surface area contributed by atoms with Crippen LogP contribution < -0.4 is 0 Å². The van der Waals surface area contributed by atoms with E-state index in [1.807, 2.05) is 6.92 Å². The molecule has 0 heterocycles. The zero-order valence-electron chi connectivity index (χ0n) is 17.2. The van der Waals surface area contributed by atoms with Gasteiger partial charge in [0.15, 0.2) is 0 Å². The number of esters is 1. The highest BCUT2D eigenvalue weighted by Crippen LogP contribution is 2.36. The van der Waals surface area contributed by atoms with Crippen molar-refractivity contribution >= 4 is 14.3 Å². The maximum Gasteiger partial charge on any atom is 0.306 e. The molecule has 0 radical (unpaired) electrons. The first-order chi connectivity index (χ1) is 12.0. The third kappa shape index (κ3) is 7.55. The number of carbonyl (C=O) groups is 1. The van der Waals surface area contributed by atoms with Crippen molar-refractivity contribution in [1.82, 2.24) is 0 Å². The molecule has 2 atom stereocenters. The van der Waals surface area contributed by atoms with Crippen LogP contribution in [0, 0.1) is 11.8 Å². The average Bonchev–Trinajstić information content (AvgIpc) is 2.56. The molecule has 0 saturated heterocycles. The van der Waals surface area contributed by atoms with Gasteiger partial charge in [-0.25, -0.2) is 0 Å². The summed E-state index contributed by atoms with van der Waals surface area (Å²) in [5.41, 5.74) is 0. The maximum atomic E-state index is 11.8. The molecular weight excluding hydrogens is 328 g/mol. The van der Waals surface area contributed by atoms with Gasteiger partial charge in [0.25, 0.3) is 8.32 Å². The van der Waals surface area contributed by atoms with Gasteiger partial charge in [-0.3, -0.25) is 4.79 Å². The lowest BCUT2D eigenvalue weighted by Gasteiger charge is -2.35. The van der Waals surface area contributed by atoms with Crippen LogP contribution in [-0.4, -0.2) is 20.9 Å². The molecule has 2 unspecified atom stereocenters. The van der Waals surface area contributed by atoms with Gasteiger partial charge >= 0.3 is 5.97 Å². The van der Waals surface area contributed by atoms with Crippen LogP contribution in [0.1, 0.15) is 79.6 Å². The molecule has 0 saturated carbocycles. The molecule has 0 aliphatic heterocycles. The van der Waals surface area contributed by atoms with Crippen LogP contribution in [0.3, 0.4) is 0 Å². The lowest BCUT2D eigenvalue weighted by Crippen LogP contribution is -2.38. The Balaban J connectivity index is 2.80. The largest absolute Gasteiger partial charge is 0.547 e. The van der Waals surface area contributed by atoms with Crippen molar-refractivity contribution < 1.29 is 14.0 Å². The second kappa shape index (κ2) is 11.8. The van der Waals surface area contributed by atoms with Gasteiger partial charge in [-0.2, -0.15) is 0 Å². The number of allylic oxidation sites excluding steroid dienone is 2. The van der Waals surface area contributed by atoms with E-state index in [4.69, 9.17) is 9.16 Å². The normalized spacial score (nSPS) is 19.2. The van der Waals surface area contributed by atoms with Gasteiger partial charge < -0.3 is 9.16 Å². The predicted octanol–water partition coefficient (Wildman–Crippen LogP) is 6.45. The lowest BCUT2D eigenvalue weighted by molar-refractivity contribution is -0.144. The Morgan fingerprint density at radius 2 is 1.76 bits per heavy atom. The van der Waals surface area contributed by atoms with E-state index in [2.05, 4.69) is 33.8 Å². The summed E-state index contributed by atoms with van der Waals surface area (Å²) in [5.74, 6) is 1.94. The molecule has 0 spiro atoms. The monoisotopic (exact) mass is 368 g/mol. The molecule has 3 nitrogen and oxygen atoms in total. The molecule has 0 aromatic carbocycles. The highest BCUT2D eigenvalue weighted by molar-refractivity contribution is 6.74. The zero-order valence-corrected chi connectivity index (χ0v) is 18.2.